The number of rotatable bonds is 3. The molecule has 0 unspecified atom stereocenters. The third-order valence-corrected chi connectivity index (χ3v) is 8.40. The van der Waals surface area contributed by atoms with Crippen LogP contribution in [0.3, 0.4) is 0 Å². The molecular formula is C39H24N4. The van der Waals surface area contributed by atoms with Gasteiger partial charge in [0.25, 0.3) is 0 Å². The van der Waals surface area contributed by atoms with Crippen molar-refractivity contribution in [3.8, 4) is 28.2 Å². The van der Waals surface area contributed by atoms with Crippen molar-refractivity contribution < 1.29 is 0 Å². The summed E-state index contributed by atoms with van der Waals surface area (Å²) < 4.78 is 2.37. The SMILES string of the molecule is c1ccc(-n2c3ccccc3c3cc4c(cc32)c(-c2cccc(-c3ccc5ncccc5n3)c2)nc2ccccc24)cc1. The maximum atomic E-state index is 5.28. The molecule has 9 aromatic rings. The summed E-state index contributed by atoms with van der Waals surface area (Å²) >= 11 is 0. The van der Waals surface area contributed by atoms with Crippen LogP contribution in [-0.4, -0.2) is 19.5 Å². The number of hydrogen-bond acceptors (Lipinski definition) is 3. The van der Waals surface area contributed by atoms with Gasteiger partial charge in [-0.25, -0.2) is 9.97 Å². The Morgan fingerprint density at radius 2 is 1.21 bits per heavy atom. The minimum atomic E-state index is 0.885. The number of para-hydroxylation sites is 3. The van der Waals surface area contributed by atoms with Crippen molar-refractivity contribution in [2.24, 2.45) is 0 Å². The Morgan fingerprint density at radius 1 is 0.419 bits per heavy atom. The lowest BCUT2D eigenvalue weighted by Gasteiger charge is -2.13. The number of aromatic nitrogens is 4. The summed E-state index contributed by atoms with van der Waals surface area (Å²) in [6.45, 7) is 0. The average Bonchev–Trinajstić information content (AvgIpc) is 3.40. The maximum absolute atomic E-state index is 5.28. The van der Waals surface area contributed by atoms with Crippen LogP contribution in [-0.2, 0) is 0 Å². The van der Waals surface area contributed by atoms with E-state index in [1.165, 1.54) is 21.7 Å². The van der Waals surface area contributed by atoms with Gasteiger partial charge in [-0.15, -0.1) is 0 Å². The minimum Gasteiger partial charge on any atom is -0.309 e. The standard InChI is InChI=1S/C39H24N4/c1-2-12-27(13-3-1)43-37-18-7-5-15-29(37)31-23-30-28-14-4-6-16-34(28)42-39(32(30)24-38(31)43)26-11-8-10-25(22-26)33-19-20-35-36(41-33)17-9-21-40-35/h1-24H. The molecule has 4 aromatic heterocycles. The predicted molar refractivity (Wildman–Crippen MR) is 178 cm³/mol. The first-order valence-corrected chi connectivity index (χ1v) is 14.5. The molecule has 4 heteroatoms. The zero-order valence-corrected chi connectivity index (χ0v) is 23.1. The van der Waals surface area contributed by atoms with Crippen LogP contribution in [0.25, 0.3) is 82.7 Å². The van der Waals surface area contributed by atoms with E-state index in [9.17, 15) is 0 Å². The van der Waals surface area contributed by atoms with E-state index in [1.54, 1.807) is 6.20 Å². The van der Waals surface area contributed by atoms with Crippen LogP contribution in [0.1, 0.15) is 0 Å². The van der Waals surface area contributed by atoms with Crippen LogP contribution < -0.4 is 0 Å². The van der Waals surface area contributed by atoms with Gasteiger partial charge in [0.15, 0.2) is 0 Å². The van der Waals surface area contributed by atoms with Crippen LogP contribution in [0.4, 0.5) is 0 Å². The number of nitrogens with zero attached hydrogens (tertiary/aromatic N) is 4. The Kier molecular flexibility index (Phi) is 5.16. The van der Waals surface area contributed by atoms with Gasteiger partial charge in [-0.3, -0.25) is 4.98 Å². The zero-order valence-electron chi connectivity index (χ0n) is 23.1. The first-order chi connectivity index (χ1) is 21.3. The van der Waals surface area contributed by atoms with Crippen LogP contribution in [0.15, 0.2) is 146 Å². The lowest BCUT2D eigenvalue weighted by atomic mass is 9.96. The summed E-state index contributed by atoms with van der Waals surface area (Å²) in [6.07, 6.45) is 1.80. The van der Waals surface area contributed by atoms with Crippen molar-refractivity contribution in [1.82, 2.24) is 19.5 Å². The first-order valence-electron chi connectivity index (χ1n) is 14.5. The van der Waals surface area contributed by atoms with Crippen molar-refractivity contribution >= 4 is 54.5 Å². The first kappa shape index (κ1) is 23.8. The topological polar surface area (TPSA) is 43.6 Å². The Hall–Kier alpha value is -5.87. The van der Waals surface area contributed by atoms with E-state index in [2.05, 4.69) is 125 Å². The molecule has 0 aliphatic rings. The third kappa shape index (κ3) is 3.74. The second kappa shape index (κ2) is 9.33. The minimum absolute atomic E-state index is 0.885. The summed E-state index contributed by atoms with van der Waals surface area (Å²) in [5.74, 6) is 0. The van der Waals surface area contributed by atoms with E-state index >= 15 is 0 Å². The molecule has 0 bridgehead atoms. The highest BCUT2D eigenvalue weighted by molar-refractivity contribution is 6.20. The smallest absolute Gasteiger partial charge is 0.0894 e. The lowest BCUT2D eigenvalue weighted by Crippen LogP contribution is -1.95. The molecule has 4 nitrogen and oxygen atoms in total. The molecule has 0 atom stereocenters. The maximum Gasteiger partial charge on any atom is 0.0894 e. The van der Waals surface area contributed by atoms with Gasteiger partial charge in [-0.2, -0.15) is 0 Å². The second-order valence-electron chi connectivity index (χ2n) is 10.9. The van der Waals surface area contributed by atoms with Crippen molar-refractivity contribution in [2.45, 2.75) is 0 Å². The molecule has 200 valence electrons. The molecule has 0 radical (unpaired) electrons. The average molecular weight is 549 g/mol. The summed E-state index contributed by atoms with van der Waals surface area (Å²) in [5, 5.41) is 5.95. The molecule has 0 aliphatic heterocycles. The number of fused-ring (bicyclic) bond motifs is 7. The number of benzene rings is 5. The fraction of sp³-hybridized carbons (Fsp3) is 0. The largest absolute Gasteiger partial charge is 0.309 e. The Labute approximate surface area is 247 Å². The Morgan fingerprint density at radius 3 is 2.14 bits per heavy atom. The summed E-state index contributed by atoms with van der Waals surface area (Å²) in [5.41, 5.74) is 10.2. The fourth-order valence-electron chi connectivity index (χ4n) is 6.43. The highest BCUT2D eigenvalue weighted by Crippen LogP contribution is 2.40. The van der Waals surface area contributed by atoms with E-state index in [4.69, 9.17) is 9.97 Å². The van der Waals surface area contributed by atoms with Crippen molar-refractivity contribution in [3.63, 3.8) is 0 Å². The number of pyridine rings is 3. The van der Waals surface area contributed by atoms with Crippen LogP contribution >= 0.6 is 0 Å². The summed E-state index contributed by atoms with van der Waals surface area (Å²) in [7, 11) is 0. The fourth-order valence-corrected chi connectivity index (χ4v) is 6.43. The molecule has 0 saturated heterocycles. The van der Waals surface area contributed by atoms with E-state index in [1.807, 2.05) is 24.3 Å². The quantitative estimate of drug-likeness (QED) is 0.206. The molecule has 5 aromatic carbocycles. The van der Waals surface area contributed by atoms with Gasteiger partial charge >= 0.3 is 0 Å². The highest BCUT2D eigenvalue weighted by atomic mass is 15.0. The summed E-state index contributed by atoms with van der Waals surface area (Å²) in [6, 6.07) is 49.0. The van der Waals surface area contributed by atoms with Gasteiger partial charge in [0.1, 0.15) is 0 Å². The Bertz CT molecular complexity index is 2510. The molecular weight excluding hydrogens is 524 g/mol. The predicted octanol–water partition coefficient (Wildman–Crippen LogP) is 9.76. The Balaban J connectivity index is 1.35. The molecule has 0 fully saturated rings. The van der Waals surface area contributed by atoms with E-state index < -0.39 is 0 Å². The van der Waals surface area contributed by atoms with Gasteiger partial charge in [-0.1, -0.05) is 72.8 Å². The number of hydrogen-bond donors (Lipinski definition) is 0. The normalized spacial score (nSPS) is 11.7. The van der Waals surface area contributed by atoms with Crippen molar-refractivity contribution in [2.75, 3.05) is 0 Å². The molecule has 0 saturated carbocycles. The molecule has 0 spiro atoms. The molecule has 0 amide bonds. The van der Waals surface area contributed by atoms with Crippen molar-refractivity contribution in [1.29, 1.82) is 0 Å². The highest BCUT2D eigenvalue weighted by Gasteiger charge is 2.17. The van der Waals surface area contributed by atoms with E-state index in [0.717, 1.165) is 61.0 Å². The zero-order chi connectivity index (χ0) is 28.3. The molecule has 0 aliphatic carbocycles. The van der Waals surface area contributed by atoms with E-state index in [0.29, 0.717) is 0 Å². The van der Waals surface area contributed by atoms with Crippen LogP contribution in [0, 0.1) is 0 Å². The third-order valence-electron chi connectivity index (χ3n) is 8.40. The van der Waals surface area contributed by atoms with Gasteiger partial charge in [0.2, 0.25) is 0 Å². The second-order valence-corrected chi connectivity index (χ2v) is 10.9. The monoisotopic (exact) mass is 548 g/mol. The van der Waals surface area contributed by atoms with Gasteiger partial charge in [0, 0.05) is 44.6 Å². The van der Waals surface area contributed by atoms with Crippen LogP contribution in [0.2, 0.25) is 0 Å². The van der Waals surface area contributed by atoms with E-state index in [-0.39, 0.29) is 0 Å². The lowest BCUT2D eigenvalue weighted by molar-refractivity contribution is 1.18. The molecule has 4 heterocycles. The molecule has 0 N–H and O–H groups in total. The molecule has 9 rings (SSSR count). The summed E-state index contributed by atoms with van der Waals surface area (Å²) in [4.78, 5) is 14.6. The van der Waals surface area contributed by atoms with Gasteiger partial charge < -0.3 is 4.57 Å². The van der Waals surface area contributed by atoms with Gasteiger partial charge in [-0.05, 0) is 72.1 Å². The van der Waals surface area contributed by atoms with Crippen molar-refractivity contribution in [3.05, 3.63) is 146 Å². The van der Waals surface area contributed by atoms with Crippen LogP contribution in [0.5, 0.6) is 0 Å². The van der Waals surface area contributed by atoms with Gasteiger partial charge in [0.05, 0.1) is 39.0 Å². The molecule has 43 heavy (non-hydrogen) atoms.